The summed E-state index contributed by atoms with van der Waals surface area (Å²) < 4.78 is 23.8. The lowest BCUT2D eigenvalue weighted by Gasteiger charge is -2.20. The Labute approximate surface area is 88.0 Å². The molecular formula is C11H22O2S. The van der Waals surface area contributed by atoms with Crippen LogP contribution in [0.25, 0.3) is 0 Å². The molecule has 3 heteroatoms. The second-order valence-corrected chi connectivity index (χ2v) is 8.45. The van der Waals surface area contributed by atoms with Gasteiger partial charge in [0.2, 0.25) is 0 Å². The maximum atomic E-state index is 12.2. The number of rotatable bonds is 2. The van der Waals surface area contributed by atoms with Gasteiger partial charge in [-0.3, -0.25) is 0 Å². The fourth-order valence-corrected chi connectivity index (χ4v) is 5.22. The zero-order valence-electron chi connectivity index (χ0n) is 9.87. The van der Waals surface area contributed by atoms with Crippen molar-refractivity contribution in [1.29, 1.82) is 0 Å². The van der Waals surface area contributed by atoms with E-state index in [9.17, 15) is 8.42 Å². The first-order valence-electron chi connectivity index (χ1n) is 5.42. The van der Waals surface area contributed by atoms with E-state index in [0.29, 0.717) is 11.8 Å². The van der Waals surface area contributed by atoms with Crippen LogP contribution in [0, 0.1) is 11.8 Å². The molecule has 0 aromatic heterocycles. The number of sulfone groups is 1. The van der Waals surface area contributed by atoms with Gasteiger partial charge in [0, 0.05) is 0 Å². The fourth-order valence-electron chi connectivity index (χ4n) is 2.56. The highest BCUT2D eigenvalue weighted by atomic mass is 32.2. The fraction of sp³-hybridized carbons (Fsp3) is 1.00. The summed E-state index contributed by atoms with van der Waals surface area (Å²) in [5, 5.41) is -0.113. The Kier molecular flexibility index (Phi) is 3.01. The first-order chi connectivity index (χ1) is 6.18. The van der Waals surface area contributed by atoms with Crippen LogP contribution in [0.5, 0.6) is 0 Å². The molecule has 0 bridgehead atoms. The van der Waals surface area contributed by atoms with E-state index in [0.717, 1.165) is 12.8 Å². The average molecular weight is 218 g/mol. The summed E-state index contributed by atoms with van der Waals surface area (Å²) in [5.74, 6) is 0.781. The van der Waals surface area contributed by atoms with Crippen LogP contribution in [-0.2, 0) is 9.84 Å². The quantitative estimate of drug-likeness (QED) is 0.714. The Balaban J connectivity index is 2.97. The summed E-state index contributed by atoms with van der Waals surface area (Å²) in [6.45, 7) is 9.97. The van der Waals surface area contributed by atoms with Gasteiger partial charge >= 0.3 is 0 Å². The second kappa shape index (κ2) is 3.51. The minimum Gasteiger partial charge on any atom is -0.228 e. The van der Waals surface area contributed by atoms with Crippen molar-refractivity contribution in [2.75, 3.05) is 0 Å². The minimum atomic E-state index is -2.91. The molecule has 14 heavy (non-hydrogen) atoms. The lowest BCUT2D eigenvalue weighted by Crippen LogP contribution is -2.32. The van der Waals surface area contributed by atoms with Gasteiger partial charge in [0.25, 0.3) is 0 Å². The van der Waals surface area contributed by atoms with Crippen LogP contribution in [0.3, 0.4) is 0 Å². The molecule has 0 radical (unpaired) electrons. The van der Waals surface area contributed by atoms with E-state index in [1.807, 2.05) is 13.8 Å². The molecule has 2 atom stereocenters. The predicted molar refractivity (Wildman–Crippen MR) is 60.0 cm³/mol. The summed E-state index contributed by atoms with van der Waals surface area (Å²) in [6, 6.07) is 0. The molecule has 2 nitrogen and oxygen atoms in total. The third kappa shape index (κ3) is 1.83. The van der Waals surface area contributed by atoms with Crippen LogP contribution in [0.2, 0.25) is 0 Å². The standard InChI is InChI=1S/C11H22O2S/c1-8(2)6-10-9(3)7-11(4,5)14(10,12)13/h8-10H,6-7H2,1-5H3. The largest absolute Gasteiger partial charge is 0.228 e. The minimum absolute atomic E-state index is 0.113. The molecular weight excluding hydrogens is 196 g/mol. The Morgan fingerprint density at radius 1 is 1.36 bits per heavy atom. The Morgan fingerprint density at radius 3 is 2.14 bits per heavy atom. The highest BCUT2D eigenvalue weighted by Crippen LogP contribution is 2.42. The van der Waals surface area contributed by atoms with E-state index in [2.05, 4.69) is 20.8 Å². The zero-order chi connectivity index (χ0) is 11.1. The second-order valence-electron chi connectivity index (χ2n) is 5.65. The van der Waals surface area contributed by atoms with E-state index in [1.54, 1.807) is 0 Å². The van der Waals surface area contributed by atoms with Gasteiger partial charge in [0.05, 0.1) is 10.00 Å². The number of hydrogen-bond donors (Lipinski definition) is 0. The topological polar surface area (TPSA) is 34.1 Å². The van der Waals surface area contributed by atoms with E-state index < -0.39 is 14.6 Å². The van der Waals surface area contributed by atoms with Crippen molar-refractivity contribution in [2.24, 2.45) is 11.8 Å². The summed E-state index contributed by atoms with van der Waals surface area (Å²) in [7, 11) is -2.91. The predicted octanol–water partition coefficient (Wildman–Crippen LogP) is 2.63. The molecule has 84 valence electrons. The lowest BCUT2D eigenvalue weighted by atomic mass is 9.92. The Hall–Kier alpha value is -0.0500. The third-order valence-electron chi connectivity index (χ3n) is 3.32. The molecule has 1 aliphatic rings. The van der Waals surface area contributed by atoms with Crippen molar-refractivity contribution < 1.29 is 8.42 Å². The smallest absolute Gasteiger partial charge is 0.158 e. The van der Waals surface area contributed by atoms with Gasteiger partial charge in [-0.05, 0) is 38.5 Å². The maximum Gasteiger partial charge on any atom is 0.158 e. The SMILES string of the molecule is CC(C)CC1C(C)CC(C)(C)S1(=O)=O. The molecule has 0 N–H and O–H groups in total. The van der Waals surface area contributed by atoms with Crippen LogP contribution in [-0.4, -0.2) is 18.4 Å². The first-order valence-corrected chi connectivity index (χ1v) is 6.96. The van der Waals surface area contributed by atoms with Gasteiger partial charge < -0.3 is 0 Å². The van der Waals surface area contributed by atoms with E-state index in [4.69, 9.17) is 0 Å². The highest BCUT2D eigenvalue weighted by molar-refractivity contribution is 7.93. The van der Waals surface area contributed by atoms with Gasteiger partial charge in [-0.15, -0.1) is 0 Å². The van der Waals surface area contributed by atoms with Crippen molar-refractivity contribution in [2.45, 2.75) is 57.5 Å². The van der Waals surface area contributed by atoms with Crippen molar-refractivity contribution in [3.8, 4) is 0 Å². The van der Waals surface area contributed by atoms with Crippen LogP contribution in [0.15, 0.2) is 0 Å². The van der Waals surface area contributed by atoms with Gasteiger partial charge in [-0.2, -0.15) is 0 Å². The highest BCUT2D eigenvalue weighted by Gasteiger charge is 2.50. The van der Waals surface area contributed by atoms with Crippen molar-refractivity contribution in [3.05, 3.63) is 0 Å². The van der Waals surface area contributed by atoms with Crippen LogP contribution in [0.1, 0.15) is 47.5 Å². The molecule has 1 heterocycles. The zero-order valence-corrected chi connectivity index (χ0v) is 10.7. The first kappa shape index (κ1) is 12.0. The van der Waals surface area contributed by atoms with Crippen molar-refractivity contribution in [3.63, 3.8) is 0 Å². The van der Waals surface area contributed by atoms with E-state index in [1.165, 1.54) is 0 Å². The number of hydrogen-bond acceptors (Lipinski definition) is 2. The molecule has 1 fully saturated rings. The lowest BCUT2D eigenvalue weighted by molar-refractivity contribution is 0.442. The van der Waals surface area contributed by atoms with Crippen molar-refractivity contribution >= 4 is 9.84 Å². The van der Waals surface area contributed by atoms with E-state index in [-0.39, 0.29) is 5.25 Å². The molecule has 0 aromatic rings. The normalized spacial score (nSPS) is 35.0. The molecule has 0 spiro atoms. The summed E-state index contributed by atoms with van der Waals surface area (Å²) in [4.78, 5) is 0. The Bertz CT molecular complexity index is 301. The van der Waals surface area contributed by atoms with E-state index >= 15 is 0 Å². The molecule has 1 aliphatic heterocycles. The molecule has 1 rings (SSSR count). The summed E-state index contributed by atoms with van der Waals surface area (Å²) in [6.07, 6.45) is 1.62. The average Bonchev–Trinajstić information content (AvgIpc) is 2.09. The molecule has 0 aromatic carbocycles. The van der Waals surface area contributed by atoms with Gasteiger partial charge in [-0.1, -0.05) is 20.8 Å². The summed E-state index contributed by atoms with van der Waals surface area (Å²) >= 11 is 0. The molecule has 0 aliphatic carbocycles. The molecule has 0 amide bonds. The third-order valence-corrected chi connectivity index (χ3v) is 6.48. The van der Waals surface area contributed by atoms with Crippen LogP contribution >= 0.6 is 0 Å². The molecule has 1 saturated heterocycles. The van der Waals surface area contributed by atoms with Crippen LogP contribution in [0.4, 0.5) is 0 Å². The van der Waals surface area contributed by atoms with Crippen molar-refractivity contribution in [1.82, 2.24) is 0 Å². The van der Waals surface area contributed by atoms with Gasteiger partial charge in [-0.25, -0.2) is 8.42 Å². The Morgan fingerprint density at radius 2 is 1.86 bits per heavy atom. The van der Waals surface area contributed by atoms with Crippen LogP contribution < -0.4 is 0 Å². The van der Waals surface area contributed by atoms with Gasteiger partial charge in [0.1, 0.15) is 0 Å². The molecule has 0 saturated carbocycles. The van der Waals surface area contributed by atoms with Gasteiger partial charge in [0.15, 0.2) is 9.84 Å². The summed E-state index contributed by atoms with van der Waals surface area (Å²) in [5.41, 5.74) is 0. The maximum absolute atomic E-state index is 12.2. The monoisotopic (exact) mass is 218 g/mol. The molecule has 2 unspecified atom stereocenters.